The van der Waals surface area contributed by atoms with E-state index in [0.29, 0.717) is 10.6 Å². The summed E-state index contributed by atoms with van der Waals surface area (Å²) in [7, 11) is -2.09. The number of hydrogen-bond donors (Lipinski definition) is 1. The lowest BCUT2D eigenvalue weighted by molar-refractivity contribution is 0.0601. The lowest BCUT2D eigenvalue weighted by Crippen LogP contribution is -2.15. The third-order valence-corrected chi connectivity index (χ3v) is 7.31. The van der Waals surface area contributed by atoms with Crippen LogP contribution in [0.4, 0.5) is 5.00 Å². The minimum atomic E-state index is -3.40. The predicted molar refractivity (Wildman–Crippen MR) is 99.8 cm³/mol. The molecular weight excluding hydrogens is 374 g/mol. The summed E-state index contributed by atoms with van der Waals surface area (Å²) in [6, 6.07) is 5.90. The van der Waals surface area contributed by atoms with Crippen LogP contribution in [0.3, 0.4) is 0 Å². The number of amides is 1. The third kappa shape index (κ3) is 3.39. The third-order valence-electron chi connectivity index (χ3n) is 4.37. The topological polar surface area (TPSA) is 89.5 Å². The molecule has 0 bridgehead atoms. The molecule has 1 N–H and O–H groups in total. The molecule has 8 heteroatoms. The number of rotatable bonds is 5. The van der Waals surface area contributed by atoms with Crippen molar-refractivity contribution < 1.29 is 22.7 Å². The van der Waals surface area contributed by atoms with Crippen molar-refractivity contribution in [3.8, 4) is 0 Å². The van der Waals surface area contributed by atoms with Crippen LogP contribution in [0, 0.1) is 0 Å². The van der Waals surface area contributed by atoms with Gasteiger partial charge in [-0.2, -0.15) is 0 Å². The van der Waals surface area contributed by atoms with Crippen LogP contribution in [0.5, 0.6) is 0 Å². The van der Waals surface area contributed by atoms with Gasteiger partial charge in [0, 0.05) is 10.4 Å². The summed E-state index contributed by atoms with van der Waals surface area (Å²) < 4.78 is 28.9. The quantitative estimate of drug-likeness (QED) is 0.789. The van der Waals surface area contributed by atoms with Gasteiger partial charge in [0.05, 0.1) is 23.3 Å². The van der Waals surface area contributed by atoms with Crippen molar-refractivity contribution in [1.29, 1.82) is 0 Å². The lowest BCUT2D eigenvalue weighted by atomic mass is 10.1. The van der Waals surface area contributed by atoms with Gasteiger partial charge in [-0.25, -0.2) is 13.2 Å². The smallest absolute Gasteiger partial charge is 0.341 e. The standard InChI is InChI=1S/C18H19NO5S2/c1-3-26(22,23)12-7-4-6-11(10-12)16(20)19-17-15(18(21)24-2)13-8-5-9-14(13)25-17/h4,6-7,10H,3,5,8-9H2,1-2H3,(H,19,20). The van der Waals surface area contributed by atoms with Crippen molar-refractivity contribution in [1.82, 2.24) is 0 Å². The fraction of sp³-hybridized carbons (Fsp3) is 0.333. The van der Waals surface area contributed by atoms with E-state index in [4.69, 9.17) is 4.74 Å². The predicted octanol–water partition coefficient (Wildman–Crippen LogP) is 3.07. The average Bonchev–Trinajstić information content (AvgIpc) is 3.21. The van der Waals surface area contributed by atoms with E-state index in [-0.39, 0.29) is 16.2 Å². The van der Waals surface area contributed by atoms with Crippen molar-refractivity contribution >= 4 is 38.1 Å². The van der Waals surface area contributed by atoms with E-state index in [2.05, 4.69) is 5.32 Å². The summed E-state index contributed by atoms with van der Waals surface area (Å²) in [6.07, 6.45) is 2.65. The number of benzene rings is 1. The molecule has 1 heterocycles. The maximum Gasteiger partial charge on any atom is 0.341 e. The Bertz CT molecular complexity index is 975. The minimum absolute atomic E-state index is 0.0395. The molecule has 138 valence electrons. The van der Waals surface area contributed by atoms with Crippen molar-refractivity contribution in [2.24, 2.45) is 0 Å². The van der Waals surface area contributed by atoms with Gasteiger partial charge in [-0.1, -0.05) is 13.0 Å². The molecule has 0 saturated carbocycles. The number of sulfone groups is 1. The molecule has 0 atom stereocenters. The van der Waals surface area contributed by atoms with Crippen LogP contribution in [0.2, 0.25) is 0 Å². The first-order valence-electron chi connectivity index (χ1n) is 8.24. The highest BCUT2D eigenvalue weighted by atomic mass is 32.2. The number of esters is 1. The Morgan fingerprint density at radius 1 is 1.27 bits per heavy atom. The molecule has 0 unspecified atom stereocenters. The highest BCUT2D eigenvalue weighted by Crippen LogP contribution is 2.39. The zero-order valence-corrected chi connectivity index (χ0v) is 16.1. The first-order valence-corrected chi connectivity index (χ1v) is 10.7. The largest absolute Gasteiger partial charge is 0.465 e. The van der Waals surface area contributed by atoms with Crippen LogP contribution in [-0.4, -0.2) is 33.2 Å². The number of thiophene rings is 1. The first kappa shape index (κ1) is 18.6. The summed E-state index contributed by atoms with van der Waals surface area (Å²) in [6.45, 7) is 1.55. The van der Waals surface area contributed by atoms with E-state index in [1.807, 2.05) is 0 Å². The summed E-state index contributed by atoms with van der Waals surface area (Å²) >= 11 is 1.38. The molecule has 0 spiro atoms. The van der Waals surface area contributed by atoms with E-state index in [9.17, 15) is 18.0 Å². The maximum absolute atomic E-state index is 12.6. The van der Waals surface area contributed by atoms with E-state index in [0.717, 1.165) is 29.7 Å². The Morgan fingerprint density at radius 3 is 2.73 bits per heavy atom. The van der Waals surface area contributed by atoms with Gasteiger partial charge < -0.3 is 10.1 Å². The van der Waals surface area contributed by atoms with E-state index in [1.165, 1.54) is 36.6 Å². The molecule has 0 saturated heterocycles. The molecule has 0 aliphatic heterocycles. The number of fused-ring (bicyclic) bond motifs is 1. The van der Waals surface area contributed by atoms with Crippen LogP contribution >= 0.6 is 11.3 Å². The Hall–Kier alpha value is -2.19. The molecule has 1 aliphatic carbocycles. The van der Waals surface area contributed by atoms with Gasteiger partial charge in [-0.3, -0.25) is 4.79 Å². The highest BCUT2D eigenvalue weighted by molar-refractivity contribution is 7.91. The Balaban J connectivity index is 1.92. The van der Waals surface area contributed by atoms with Crippen LogP contribution in [0.15, 0.2) is 29.2 Å². The summed E-state index contributed by atoms with van der Waals surface area (Å²) in [5, 5.41) is 3.21. The Morgan fingerprint density at radius 2 is 2.04 bits per heavy atom. The number of carbonyl (C=O) groups excluding carboxylic acids is 2. The van der Waals surface area contributed by atoms with Gasteiger partial charge in [-0.15, -0.1) is 11.3 Å². The fourth-order valence-corrected chi connectivity index (χ4v) is 5.18. The second-order valence-corrected chi connectivity index (χ2v) is 9.32. The monoisotopic (exact) mass is 393 g/mol. The van der Waals surface area contributed by atoms with E-state index in [1.54, 1.807) is 13.0 Å². The second kappa shape index (κ2) is 7.20. The molecule has 2 aromatic rings. The fourth-order valence-electron chi connectivity index (χ4n) is 2.98. The summed E-state index contributed by atoms with van der Waals surface area (Å²) in [5.74, 6) is -0.965. The number of aryl methyl sites for hydroxylation is 1. The number of hydrogen-bond acceptors (Lipinski definition) is 6. The van der Waals surface area contributed by atoms with Crippen molar-refractivity contribution in [2.45, 2.75) is 31.1 Å². The van der Waals surface area contributed by atoms with Gasteiger partial charge in [0.1, 0.15) is 5.00 Å². The molecule has 3 rings (SSSR count). The van der Waals surface area contributed by atoms with Gasteiger partial charge in [-0.05, 0) is 43.0 Å². The number of carbonyl (C=O) groups is 2. The SMILES string of the molecule is CCS(=O)(=O)c1cccc(C(=O)Nc2sc3c(c2C(=O)OC)CCC3)c1. The molecule has 1 aromatic heterocycles. The van der Waals surface area contributed by atoms with Crippen molar-refractivity contribution in [2.75, 3.05) is 18.2 Å². The lowest BCUT2D eigenvalue weighted by Gasteiger charge is -2.08. The van der Waals surface area contributed by atoms with Crippen molar-refractivity contribution in [3.05, 3.63) is 45.8 Å². The van der Waals surface area contributed by atoms with E-state index >= 15 is 0 Å². The normalized spacial score (nSPS) is 13.3. The average molecular weight is 393 g/mol. The zero-order chi connectivity index (χ0) is 18.9. The molecule has 26 heavy (non-hydrogen) atoms. The summed E-state index contributed by atoms with van der Waals surface area (Å²) in [5.41, 5.74) is 1.58. The Labute approximate surface area is 156 Å². The Kier molecular flexibility index (Phi) is 5.15. The summed E-state index contributed by atoms with van der Waals surface area (Å²) in [4.78, 5) is 26.0. The van der Waals surface area contributed by atoms with Gasteiger partial charge in [0.2, 0.25) is 0 Å². The number of anilines is 1. The molecule has 1 aliphatic rings. The minimum Gasteiger partial charge on any atom is -0.465 e. The molecule has 6 nitrogen and oxygen atoms in total. The van der Waals surface area contributed by atoms with Gasteiger partial charge in [0.15, 0.2) is 9.84 Å². The van der Waals surface area contributed by atoms with Crippen molar-refractivity contribution in [3.63, 3.8) is 0 Å². The zero-order valence-electron chi connectivity index (χ0n) is 14.5. The molecule has 0 fully saturated rings. The van der Waals surface area contributed by atoms with Crippen LogP contribution in [-0.2, 0) is 27.4 Å². The van der Waals surface area contributed by atoms with Crippen LogP contribution in [0.25, 0.3) is 0 Å². The highest BCUT2D eigenvalue weighted by Gasteiger charge is 2.28. The number of ether oxygens (including phenoxy) is 1. The maximum atomic E-state index is 12.6. The molecule has 1 amide bonds. The van der Waals surface area contributed by atoms with Gasteiger partial charge in [0.25, 0.3) is 5.91 Å². The molecule has 0 radical (unpaired) electrons. The second-order valence-electron chi connectivity index (χ2n) is 5.94. The molecular formula is C18H19NO5S2. The molecule has 1 aromatic carbocycles. The van der Waals surface area contributed by atoms with Crippen LogP contribution < -0.4 is 5.32 Å². The van der Waals surface area contributed by atoms with Crippen LogP contribution in [0.1, 0.15) is 44.5 Å². The number of nitrogens with one attached hydrogen (secondary N) is 1. The van der Waals surface area contributed by atoms with Gasteiger partial charge >= 0.3 is 5.97 Å². The first-order chi connectivity index (χ1) is 12.4. The number of methoxy groups -OCH3 is 1. The van der Waals surface area contributed by atoms with E-state index < -0.39 is 21.7 Å².